The molecule has 0 aromatic heterocycles. The molecule has 2 unspecified atom stereocenters. The van der Waals surface area contributed by atoms with Crippen LogP contribution in [-0.2, 0) is 14.3 Å². The molecule has 6 nitrogen and oxygen atoms in total. The number of amides is 1. The lowest BCUT2D eigenvalue weighted by molar-refractivity contribution is -0.143. The molecule has 0 aliphatic heterocycles. The molecule has 0 aliphatic carbocycles. The number of allylic oxidation sites excluding steroid dienone is 4. The first-order valence-corrected chi connectivity index (χ1v) is 40.1. The minimum Gasteiger partial charge on any atom is -0.466 e. The molecule has 0 fully saturated rings. The zero-order valence-corrected chi connectivity index (χ0v) is 59.3. The summed E-state index contributed by atoms with van der Waals surface area (Å²) in [4.78, 5) is 24.7. The van der Waals surface area contributed by atoms with Gasteiger partial charge in [-0.05, 0) is 77.0 Å². The number of aliphatic hydroxyl groups is 2. The maximum absolute atomic E-state index is 12.6. The third-order valence-corrected chi connectivity index (χ3v) is 19.0. The van der Waals surface area contributed by atoms with E-state index in [0.717, 1.165) is 44.9 Å². The largest absolute Gasteiger partial charge is 0.466 e. The van der Waals surface area contributed by atoms with Gasteiger partial charge in [-0.3, -0.25) is 9.59 Å². The number of carbonyl (C=O) groups is 2. The summed E-state index contributed by atoms with van der Waals surface area (Å²) >= 11 is 0. The highest BCUT2D eigenvalue weighted by atomic mass is 16.5. The van der Waals surface area contributed by atoms with E-state index < -0.39 is 12.1 Å². The third-order valence-electron chi connectivity index (χ3n) is 19.0. The number of rotatable bonds is 76. The molecule has 0 aromatic rings. The first-order valence-electron chi connectivity index (χ1n) is 40.1. The Balaban J connectivity index is 3.37. The summed E-state index contributed by atoms with van der Waals surface area (Å²) in [7, 11) is 0. The number of unbranched alkanes of at least 4 members (excludes halogenated alkanes) is 61. The maximum atomic E-state index is 12.6. The van der Waals surface area contributed by atoms with E-state index in [4.69, 9.17) is 4.74 Å². The van der Waals surface area contributed by atoms with Crippen LogP contribution in [0.2, 0.25) is 0 Å². The van der Waals surface area contributed by atoms with Gasteiger partial charge in [-0.2, -0.15) is 0 Å². The summed E-state index contributed by atoms with van der Waals surface area (Å²) in [6.07, 6.45) is 98.4. The number of aliphatic hydroxyl groups excluding tert-OH is 2. The van der Waals surface area contributed by atoms with Gasteiger partial charge >= 0.3 is 5.97 Å². The molecule has 0 aliphatic rings. The van der Waals surface area contributed by atoms with Crippen molar-refractivity contribution in [2.45, 2.75) is 469 Å². The molecule has 0 bridgehead atoms. The smallest absolute Gasteiger partial charge is 0.305 e. The van der Waals surface area contributed by atoms with Crippen LogP contribution in [0.1, 0.15) is 457 Å². The normalized spacial score (nSPS) is 12.6. The van der Waals surface area contributed by atoms with Gasteiger partial charge in [0, 0.05) is 12.8 Å². The predicted octanol–water partition coefficient (Wildman–Crippen LogP) is 26.4. The molecule has 0 heterocycles. The number of esters is 1. The molecular formula is C81H157NO5. The standard InChI is InChI=1S/C81H157NO5/c1-3-5-7-9-11-13-15-17-19-21-23-24-25-29-32-35-38-41-45-49-53-57-61-65-69-73-79(84)78(77-83)82-80(85)74-70-66-62-58-54-50-46-42-39-36-33-30-27-26-28-31-34-37-40-44-48-52-56-60-64-68-72-76-87-81(86)75-71-67-63-59-55-51-47-43-22-20-18-16-14-12-10-8-6-4-2/h20,22,26-27,78-79,83-84H,3-19,21,23-25,28-77H2,1-2H3,(H,82,85)/b22-20-,27-26-. The number of hydrogen-bond acceptors (Lipinski definition) is 5. The van der Waals surface area contributed by atoms with Crippen LogP contribution in [-0.4, -0.2) is 47.4 Å². The molecule has 0 aromatic carbocycles. The number of ether oxygens (including phenoxy) is 1. The first kappa shape index (κ1) is 85.3. The van der Waals surface area contributed by atoms with Gasteiger partial charge in [0.15, 0.2) is 0 Å². The summed E-state index contributed by atoms with van der Waals surface area (Å²) in [6, 6.07) is -0.544. The second kappa shape index (κ2) is 76.8. The lowest BCUT2D eigenvalue weighted by Gasteiger charge is -2.22. The van der Waals surface area contributed by atoms with E-state index in [0.29, 0.717) is 25.9 Å². The minimum atomic E-state index is -0.667. The topological polar surface area (TPSA) is 95.9 Å². The van der Waals surface area contributed by atoms with Crippen molar-refractivity contribution in [2.75, 3.05) is 13.2 Å². The van der Waals surface area contributed by atoms with Crippen LogP contribution in [0.15, 0.2) is 24.3 Å². The van der Waals surface area contributed by atoms with Gasteiger partial charge in [0.25, 0.3) is 0 Å². The summed E-state index contributed by atoms with van der Waals surface area (Å²) in [5, 5.41) is 23.5. The van der Waals surface area contributed by atoms with Crippen molar-refractivity contribution in [3.8, 4) is 0 Å². The average molecular weight is 1230 g/mol. The summed E-state index contributed by atoms with van der Waals surface area (Å²) in [5.41, 5.74) is 0. The average Bonchev–Trinajstić information content (AvgIpc) is 3.52. The second-order valence-electron chi connectivity index (χ2n) is 27.7. The van der Waals surface area contributed by atoms with E-state index in [2.05, 4.69) is 43.5 Å². The Morgan fingerprint density at radius 2 is 0.540 bits per heavy atom. The molecule has 516 valence electrons. The Morgan fingerprint density at radius 3 is 0.816 bits per heavy atom. The quantitative estimate of drug-likeness (QED) is 0.0320. The molecule has 0 saturated carbocycles. The SMILES string of the molecule is CCCCCCCCC/C=C\CCCCCCCCCC(=O)OCCCCCCCCCCCCCC/C=C\CCCCCCCCCCCCCC(=O)NC(CO)C(O)CCCCCCCCCCCCCCCCCCCCCCCCCCC. The molecule has 0 saturated heterocycles. The highest BCUT2D eigenvalue weighted by molar-refractivity contribution is 5.76. The zero-order chi connectivity index (χ0) is 62.8. The molecule has 6 heteroatoms. The summed E-state index contributed by atoms with van der Waals surface area (Å²) in [6.45, 7) is 5.00. The highest BCUT2D eigenvalue weighted by Gasteiger charge is 2.20. The van der Waals surface area contributed by atoms with Crippen molar-refractivity contribution in [3.05, 3.63) is 24.3 Å². The number of nitrogens with one attached hydrogen (secondary N) is 1. The van der Waals surface area contributed by atoms with Crippen molar-refractivity contribution in [1.82, 2.24) is 5.32 Å². The van der Waals surface area contributed by atoms with Gasteiger partial charge in [-0.1, -0.05) is 391 Å². The molecule has 3 N–H and O–H groups in total. The van der Waals surface area contributed by atoms with E-state index >= 15 is 0 Å². The molecule has 1 amide bonds. The number of carbonyl (C=O) groups excluding carboxylic acids is 2. The molecular weight excluding hydrogens is 1070 g/mol. The van der Waals surface area contributed by atoms with Crippen molar-refractivity contribution >= 4 is 11.9 Å². The van der Waals surface area contributed by atoms with E-state index in [-0.39, 0.29) is 18.5 Å². The fourth-order valence-electron chi connectivity index (χ4n) is 12.9. The highest BCUT2D eigenvalue weighted by Crippen LogP contribution is 2.20. The summed E-state index contributed by atoms with van der Waals surface area (Å²) in [5.74, 6) is -0.0165. The lowest BCUT2D eigenvalue weighted by atomic mass is 10.0. The molecule has 2 atom stereocenters. The van der Waals surface area contributed by atoms with Gasteiger partial charge in [0.05, 0.1) is 25.4 Å². The van der Waals surface area contributed by atoms with Gasteiger partial charge in [0.2, 0.25) is 5.91 Å². The van der Waals surface area contributed by atoms with E-state index in [9.17, 15) is 19.8 Å². The summed E-state index contributed by atoms with van der Waals surface area (Å²) < 4.78 is 5.51. The van der Waals surface area contributed by atoms with Crippen LogP contribution in [0.3, 0.4) is 0 Å². The van der Waals surface area contributed by atoms with Gasteiger partial charge in [0.1, 0.15) is 0 Å². The van der Waals surface area contributed by atoms with Crippen LogP contribution < -0.4 is 5.32 Å². The van der Waals surface area contributed by atoms with Crippen LogP contribution in [0.25, 0.3) is 0 Å². The Morgan fingerprint density at radius 1 is 0.310 bits per heavy atom. The predicted molar refractivity (Wildman–Crippen MR) is 384 cm³/mol. The Labute approximate surface area is 545 Å². The van der Waals surface area contributed by atoms with Gasteiger partial charge in [-0.15, -0.1) is 0 Å². The molecule has 0 rings (SSSR count). The van der Waals surface area contributed by atoms with Gasteiger partial charge < -0.3 is 20.3 Å². The lowest BCUT2D eigenvalue weighted by Crippen LogP contribution is -2.45. The van der Waals surface area contributed by atoms with E-state index in [1.165, 1.54) is 379 Å². The van der Waals surface area contributed by atoms with Crippen molar-refractivity contribution < 1.29 is 24.5 Å². The van der Waals surface area contributed by atoms with E-state index in [1.807, 2.05) is 0 Å². The van der Waals surface area contributed by atoms with Crippen LogP contribution in [0.4, 0.5) is 0 Å². The first-order chi connectivity index (χ1) is 43.0. The second-order valence-corrected chi connectivity index (χ2v) is 27.7. The number of hydrogen-bond donors (Lipinski definition) is 3. The Kier molecular flexibility index (Phi) is 75.3. The monoisotopic (exact) mass is 1220 g/mol. The molecule has 0 radical (unpaired) electrons. The van der Waals surface area contributed by atoms with Crippen LogP contribution in [0.5, 0.6) is 0 Å². The minimum absolute atomic E-state index is 0.0135. The Bertz CT molecular complexity index is 1360. The Hall–Kier alpha value is -1.66. The van der Waals surface area contributed by atoms with Gasteiger partial charge in [-0.25, -0.2) is 0 Å². The maximum Gasteiger partial charge on any atom is 0.305 e. The molecule has 87 heavy (non-hydrogen) atoms. The third kappa shape index (κ3) is 73.3. The molecule has 0 spiro atoms. The van der Waals surface area contributed by atoms with Crippen molar-refractivity contribution in [3.63, 3.8) is 0 Å². The zero-order valence-electron chi connectivity index (χ0n) is 59.3. The van der Waals surface area contributed by atoms with Crippen LogP contribution in [0, 0.1) is 0 Å². The van der Waals surface area contributed by atoms with Crippen molar-refractivity contribution in [2.24, 2.45) is 0 Å². The van der Waals surface area contributed by atoms with Crippen molar-refractivity contribution in [1.29, 1.82) is 0 Å². The fourth-order valence-corrected chi connectivity index (χ4v) is 12.9. The van der Waals surface area contributed by atoms with Crippen LogP contribution >= 0.6 is 0 Å². The fraction of sp³-hybridized carbons (Fsp3) is 0.926. The van der Waals surface area contributed by atoms with E-state index in [1.54, 1.807) is 0 Å².